The lowest BCUT2D eigenvalue weighted by molar-refractivity contribution is 0.0979. The van der Waals surface area contributed by atoms with Crippen molar-refractivity contribution in [3.8, 4) is 0 Å². The first kappa shape index (κ1) is 12.8. The molecule has 0 saturated heterocycles. The highest BCUT2D eigenvalue weighted by atomic mass is 35.5. The van der Waals surface area contributed by atoms with E-state index in [2.05, 4.69) is 5.10 Å². The van der Waals surface area contributed by atoms with Crippen molar-refractivity contribution in [2.24, 2.45) is 7.05 Å². The molecule has 0 unspecified atom stereocenters. The summed E-state index contributed by atoms with van der Waals surface area (Å²) < 4.78 is 15.1. The Morgan fingerprint density at radius 1 is 1.50 bits per heavy atom. The van der Waals surface area contributed by atoms with Gasteiger partial charge in [0.2, 0.25) is 0 Å². The quantitative estimate of drug-likeness (QED) is 0.798. The van der Waals surface area contributed by atoms with Gasteiger partial charge in [-0.2, -0.15) is 5.10 Å². The predicted molar refractivity (Wildman–Crippen MR) is 67.3 cm³/mol. The summed E-state index contributed by atoms with van der Waals surface area (Å²) in [5.74, 6) is -0.783. The summed E-state index contributed by atoms with van der Waals surface area (Å²) in [5.41, 5.74) is 1.000. The van der Waals surface area contributed by atoms with Gasteiger partial charge in [0.15, 0.2) is 5.78 Å². The van der Waals surface area contributed by atoms with Gasteiger partial charge in [-0.05, 0) is 30.2 Å². The van der Waals surface area contributed by atoms with E-state index in [1.807, 2.05) is 13.2 Å². The lowest BCUT2D eigenvalue weighted by Crippen LogP contribution is -2.03. The Hall–Kier alpha value is -1.68. The number of aryl methyl sites for hydroxylation is 2. The average molecular weight is 267 g/mol. The second-order valence-corrected chi connectivity index (χ2v) is 4.51. The van der Waals surface area contributed by atoms with Gasteiger partial charge >= 0.3 is 0 Å². The van der Waals surface area contributed by atoms with Crippen LogP contribution < -0.4 is 0 Å². The molecular weight excluding hydrogens is 255 g/mol. The van der Waals surface area contributed by atoms with Gasteiger partial charge in [-0.1, -0.05) is 11.6 Å². The molecule has 0 spiro atoms. The van der Waals surface area contributed by atoms with Gasteiger partial charge in [-0.3, -0.25) is 9.48 Å². The third kappa shape index (κ3) is 2.96. The molecule has 2 aromatic rings. The number of halogens is 2. The van der Waals surface area contributed by atoms with Crippen LogP contribution in [0.1, 0.15) is 22.3 Å². The molecule has 94 valence electrons. The molecule has 0 fully saturated rings. The maximum Gasteiger partial charge on any atom is 0.166 e. The smallest absolute Gasteiger partial charge is 0.166 e. The number of hydrogen-bond donors (Lipinski definition) is 0. The van der Waals surface area contributed by atoms with Crippen LogP contribution in [0.2, 0.25) is 5.02 Å². The van der Waals surface area contributed by atoms with E-state index < -0.39 is 5.82 Å². The van der Waals surface area contributed by atoms with Crippen molar-refractivity contribution < 1.29 is 9.18 Å². The van der Waals surface area contributed by atoms with Crippen LogP contribution in [0, 0.1) is 5.82 Å². The molecule has 0 N–H and O–H groups in total. The number of ketones is 1. The molecule has 0 bridgehead atoms. The normalized spacial score (nSPS) is 10.6. The number of benzene rings is 1. The van der Waals surface area contributed by atoms with E-state index in [1.54, 1.807) is 10.9 Å². The molecule has 1 aromatic carbocycles. The summed E-state index contributed by atoms with van der Waals surface area (Å²) in [6, 6.07) is 4.00. The molecule has 1 heterocycles. The van der Waals surface area contributed by atoms with Crippen LogP contribution in [-0.2, 0) is 13.5 Å². The van der Waals surface area contributed by atoms with Crippen LogP contribution in [0.15, 0.2) is 30.6 Å². The standard InChI is InChI=1S/C13H12ClFN2O/c1-17-8-9(7-16-17)2-5-13(18)11-6-10(14)3-4-12(11)15/h3-4,6-8H,2,5H2,1H3. The number of carbonyl (C=O) groups excluding carboxylic acids is 1. The van der Waals surface area contributed by atoms with Crippen LogP contribution in [0.3, 0.4) is 0 Å². The molecule has 0 atom stereocenters. The molecule has 0 saturated carbocycles. The summed E-state index contributed by atoms with van der Waals surface area (Å²) >= 11 is 5.75. The second kappa shape index (κ2) is 5.31. The van der Waals surface area contributed by atoms with Gasteiger partial charge < -0.3 is 0 Å². The van der Waals surface area contributed by atoms with E-state index in [1.165, 1.54) is 18.2 Å². The number of aromatic nitrogens is 2. The zero-order valence-electron chi connectivity index (χ0n) is 9.86. The summed E-state index contributed by atoms with van der Waals surface area (Å²) in [6.07, 6.45) is 4.31. The van der Waals surface area contributed by atoms with E-state index in [0.717, 1.165) is 5.56 Å². The molecule has 0 aliphatic carbocycles. The summed E-state index contributed by atoms with van der Waals surface area (Å²) in [5, 5.41) is 4.37. The van der Waals surface area contributed by atoms with Crippen molar-refractivity contribution in [2.45, 2.75) is 12.8 Å². The Morgan fingerprint density at radius 2 is 2.28 bits per heavy atom. The maximum absolute atomic E-state index is 13.5. The molecule has 18 heavy (non-hydrogen) atoms. The lowest BCUT2D eigenvalue weighted by atomic mass is 10.0. The minimum atomic E-state index is -0.532. The van der Waals surface area contributed by atoms with Crippen molar-refractivity contribution in [3.63, 3.8) is 0 Å². The lowest BCUT2D eigenvalue weighted by Gasteiger charge is -2.02. The summed E-state index contributed by atoms with van der Waals surface area (Å²) in [4.78, 5) is 11.9. The fraction of sp³-hybridized carbons (Fsp3) is 0.231. The molecule has 3 nitrogen and oxygen atoms in total. The van der Waals surface area contributed by atoms with Crippen molar-refractivity contribution in [2.75, 3.05) is 0 Å². The molecule has 1 aromatic heterocycles. The van der Waals surface area contributed by atoms with Gasteiger partial charge in [0.05, 0.1) is 11.8 Å². The predicted octanol–water partition coefficient (Wildman–Crippen LogP) is 3.03. The topological polar surface area (TPSA) is 34.9 Å². The van der Waals surface area contributed by atoms with E-state index in [4.69, 9.17) is 11.6 Å². The van der Waals surface area contributed by atoms with Crippen LogP contribution in [0.4, 0.5) is 4.39 Å². The highest BCUT2D eigenvalue weighted by Gasteiger charge is 2.12. The minimum Gasteiger partial charge on any atom is -0.294 e. The van der Waals surface area contributed by atoms with Gasteiger partial charge in [0.1, 0.15) is 5.82 Å². The van der Waals surface area contributed by atoms with Crippen LogP contribution in [0.25, 0.3) is 0 Å². The summed E-state index contributed by atoms with van der Waals surface area (Å²) in [7, 11) is 1.81. The molecule has 0 amide bonds. The molecule has 0 aliphatic rings. The van der Waals surface area contributed by atoms with Crippen molar-refractivity contribution >= 4 is 17.4 Å². The van der Waals surface area contributed by atoms with Crippen molar-refractivity contribution in [3.05, 3.63) is 52.6 Å². The fourth-order valence-corrected chi connectivity index (χ4v) is 1.88. The minimum absolute atomic E-state index is 0.0476. The van der Waals surface area contributed by atoms with Crippen molar-refractivity contribution in [1.29, 1.82) is 0 Å². The summed E-state index contributed by atoms with van der Waals surface area (Å²) in [6.45, 7) is 0. The second-order valence-electron chi connectivity index (χ2n) is 4.07. The Kier molecular flexibility index (Phi) is 3.77. The Labute approximate surface area is 109 Å². The zero-order valence-corrected chi connectivity index (χ0v) is 10.6. The Balaban J connectivity index is 2.05. The molecule has 0 aliphatic heterocycles. The van der Waals surface area contributed by atoms with E-state index in [9.17, 15) is 9.18 Å². The molecule has 5 heteroatoms. The number of nitrogens with zero attached hydrogens (tertiary/aromatic N) is 2. The maximum atomic E-state index is 13.5. The van der Waals surface area contributed by atoms with Crippen LogP contribution in [0.5, 0.6) is 0 Å². The largest absolute Gasteiger partial charge is 0.294 e. The van der Waals surface area contributed by atoms with Crippen LogP contribution in [-0.4, -0.2) is 15.6 Å². The first-order valence-corrected chi connectivity index (χ1v) is 5.90. The first-order chi connectivity index (χ1) is 8.56. The van der Waals surface area contributed by atoms with E-state index >= 15 is 0 Å². The number of rotatable bonds is 4. The van der Waals surface area contributed by atoms with E-state index in [0.29, 0.717) is 11.4 Å². The number of Topliss-reactive ketones (excluding diaryl/α,β-unsaturated/α-hetero) is 1. The zero-order chi connectivity index (χ0) is 13.1. The average Bonchev–Trinajstić information content (AvgIpc) is 2.75. The van der Waals surface area contributed by atoms with Gasteiger partial charge in [-0.25, -0.2) is 4.39 Å². The Bertz CT molecular complexity index is 580. The number of carbonyl (C=O) groups is 1. The van der Waals surface area contributed by atoms with Gasteiger partial charge in [0.25, 0.3) is 0 Å². The van der Waals surface area contributed by atoms with Crippen LogP contribution >= 0.6 is 11.6 Å². The number of hydrogen-bond acceptors (Lipinski definition) is 2. The third-order valence-electron chi connectivity index (χ3n) is 2.63. The molecule has 2 rings (SSSR count). The SMILES string of the molecule is Cn1cc(CCC(=O)c2cc(Cl)ccc2F)cn1. The van der Waals surface area contributed by atoms with Gasteiger partial charge in [-0.15, -0.1) is 0 Å². The van der Waals surface area contributed by atoms with Crippen molar-refractivity contribution in [1.82, 2.24) is 9.78 Å². The Morgan fingerprint density at radius 3 is 2.94 bits per heavy atom. The van der Waals surface area contributed by atoms with E-state index in [-0.39, 0.29) is 17.8 Å². The fourth-order valence-electron chi connectivity index (χ4n) is 1.70. The highest BCUT2D eigenvalue weighted by Crippen LogP contribution is 2.17. The third-order valence-corrected chi connectivity index (χ3v) is 2.86. The molecular formula is C13H12ClFN2O. The first-order valence-electron chi connectivity index (χ1n) is 5.52. The highest BCUT2D eigenvalue weighted by molar-refractivity contribution is 6.31. The van der Waals surface area contributed by atoms with Gasteiger partial charge in [0, 0.05) is 24.7 Å². The monoisotopic (exact) mass is 266 g/mol. The molecule has 0 radical (unpaired) electrons.